The van der Waals surface area contributed by atoms with Gasteiger partial charge in [-0.25, -0.2) is 0 Å². The molecular formula is C13H19N3S. The third-order valence-electron chi connectivity index (χ3n) is 3.11. The summed E-state index contributed by atoms with van der Waals surface area (Å²) in [4.78, 5) is 2.80. The molecule has 0 saturated heterocycles. The Morgan fingerprint density at radius 3 is 2.47 bits per heavy atom. The van der Waals surface area contributed by atoms with Gasteiger partial charge in [-0.2, -0.15) is 5.10 Å². The van der Waals surface area contributed by atoms with Crippen molar-refractivity contribution in [2.24, 2.45) is 7.05 Å². The predicted octanol–water partition coefficient (Wildman–Crippen LogP) is 2.70. The second kappa shape index (κ2) is 5.02. The molecule has 4 heteroatoms. The molecular weight excluding hydrogens is 230 g/mol. The van der Waals surface area contributed by atoms with Crippen LogP contribution in [0.1, 0.15) is 26.6 Å². The minimum absolute atomic E-state index is 0.883. The summed E-state index contributed by atoms with van der Waals surface area (Å²) in [5.74, 6) is 0. The van der Waals surface area contributed by atoms with Gasteiger partial charge in [-0.3, -0.25) is 4.68 Å². The molecule has 0 fully saturated rings. The number of thiophene rings is 1. The average molecular weight is 249 g/mol. The smallest absolute Gasteiger partial charge is 0.0537 e. The second-order valence-corrected chi connectivity index (χ2v) is 5.88. The van der Waals surface area contributed by atoms with Gasteiger partial charge in [0.25, 0.3) is 0 Å². The van der Waals surface area contributed by atoms with Crippen LogP contribution in [0.5, 0.6) is 0 Å². The van der Waals surface area contributed by atoms with Crippen LogP contribution in [0.4, 0.5) is 0 Å². The van der Waals surface area contributed by atoms with Crippen LogP contribution in [0.2, 0.25) is 0 Å². The Labute approximate surface area is 106 Å². The summed E-state index contributed by atoms with van der Waals surface area (Å²) >= 11 is 1.87. The number of nitrogens with one attached hydrogen (secondary N) is 1. The van der Waals surface area contributed by atoms with Gasteiger partial charge < -0.3 is 5.32 Å². The van der Waals surface area contributed by atoms with Crippen molar-refractivity contribution in [1.29, 1.82) is 0 Å². The van der Waals surface area contributed by atoms with Gasteiger partial charge in [0.15, 0.2) is 0 Å². The van der Waals surface area contributed by atoms with E-state index in [0.717, 1.165) is 13.1 Å². The molecule has 0 amide bonds. The number of hydrogen-bond acceptors (Lipinski definition) is 3. The van der Waals surface area contributed by atoms with Gasteiger partial charge in [-0.1, -0.05) is 0 Å². The van der Waals surface area contributed by atoms with Crippen molar-refractivity contribution in [2.75, 3.05) is 0 Å². The van der Waals surface area contributed by atoms with E-state index in [1.165, 1.54) is 26.6 Å². The van der Waals surface area contributed by atoms with Crippen molar-refractivity contribution in [2.45, 2.75) is 33.9 Å². The van der Waals surface area contributed by atoms with E-state index >= 15 is 0 Å². The fraction of sp³-hybridized carbons (Fsp3) is 0.462. The first-order chi connectivity index (χ1) is 8.08. The monoisotopic (exact) mass is 249 g/mol. The molecule has 2 rings (SSSR count). The molecule has 0 saturated carbocycles. The normalized spacial score (nSPS) is 11.1. The van der Waals surface area contributed by atoms with Gasteiger partial charge in [0.1, 0.15) is 0 Å². The van der Waals surface area contributed by atoms with Crippen LogP contribution in [0.25, 0.3) is 0 Å². The van der Waals surface area contributed by atoms with E-state index in [2.05, 4.69) is 37.3 Å². The summed E-state index contributed by atoms with van der Waals surface area (Å²) in [5.41, 5.74) is 3.92. The first-order valence-electron chi connectivity index (χ1n) is 5.82. The van der Waals surface area contributed by atoms with Crippen LogP contribution in [0.15, 0.2) is 12.3 Å². The van der Waals surface area contributed by atoms with Crippen molar-refractivity contribution < 1.29 is 0 Å². The Hall–Kier alpha value is -1.13. The summed E-state index contributed by atoms with van der Waals surface area (Å²) in [7, 11) is 1.98. The van der Waals surface area contributed by atoms with Crippen LogP contribution >= 0.6 is 11.3 Å². The Morgan fingerprint density at radius 1 is 1.24 bits per heavy atom. The molecule has 3 nitrogen and oxygen atoms in total. The second-order valence-electron chi connectivity index (χ2n) is 4.42. The molecule has 0 bridgehead atoms. The zero-order valence-electron chi connectivity index (χ0n) is 10.9. The molecule has 0 radical (unpaired) electrons. The highest BCUT2D eigenvalue weighted by Crippen LogP contribution is 2.20. The van der Waals surface area contributed by atoms with E-state index in [9.17, 15) is 0 Å². The molecule has 2 aromatic rings. The van der Waals surface area contributed by atoms with Crippen LogP contribution in [0.3, 0.4) is 0 Å². The summed E-state index contributed by atoms with van der Waals surface area (Å²) in [6.07, 6.45) is 1.94. The molecule has 0 atom stereocenters. The van der Waals surface area contributed by atoms with Gasteiger partial charge in [0.2, 0.25) is 0 Å². The maximum absolute atomic E-state index is 4.24. The SMILES string of the molecule is Cc1cc(CNCc2cnn(C)c2C)c(C)s1. The molecule has 0 aliphatic heterocycles. The molecule has 0 aromatic carbocycles. The van der Waals surface area contributed by atoms with E-state index in [0.29, 0.717) is 0 Å². The van der Waals surface area contributed by atoms with E-state index < -0.39 is 0 Å². The average Bonchev–Trinajstić information content (AvgIpc) is 2.75. The molecule has 92 valence electrons. The fourth-order valence-electron chi connectivity index (χ4n) is 1.91. The predicted molar refractivity (Wildman–Crippen MR) is 72.3 cm³/mol. The first-order valence-corrected chi connectivity index (χ1v) is 6.63. The zero-order chi connectivity index (χ0) is 12.4. The minimum Gasteiger partial charge on any atom is -0.308 e. The highest BCUT2D eigenvalue weighted by molar-refractivity contribution is 7.12. The van der Waals surface area contributed by atoms with Gasteiger partial charge >= 0.3 is 0 Å². The molecule has 0 aliphatic carbocycles. The van der Waals surface area contributed by atoms with Crippen molar-refractivity contribution in [3.05, 3.63) is 38.8 Å². The van der Waals surface area contributed by atoms with E-state index in [-0.39, 0.29) is 0 Å². The number of aromatic nitrogens is 2. The van der Waals surface area contributed by atoms with Gasteiger partial charge in [-0.15, -0.1) is 11.3 Å². The van der Waals surface area contributed by atoms with E-state index in [1.54, 1.807) is 0 Å². The lowest BCUT2D eigenvalue weighted by Gasteiger charge is -2.04. The minimum atomic E-state index is 0.883. The molecule has 2 aromatic heterocycles. The number of rotatable bonds is 4. The third kappa shape index (κ3) is 2.76. The highest BCUT2D eigenvalue weighted by atomic mass is 32.1. The Kier molecular flexibility index (Phi) is 3.64. The van der Waals surface area contributed by atoms with Crippen molar-refractivity contribution in [3.8, 4) is 0 Å². The lowest BCUT2D eigenvalue weighted by molar-refractivity contribution is 0.684. The summed E-state index contributed by atoms with van der Waals surface area (Å²) in [6, 6.07) is 2.27. The molecule has 0 unspecified atom stereocenters. The van der Waals surface area contributed by atoms with E-state index in [4.69, 9.17) is 0 Å². The molecule has 2 heterocycles. The zero-order valence-corrected chi connectivity index (χ0v) is 11.7. The Morgan fingerprint density at radius 2 is 1.94 bits per heavy atom. The van der Waals surface area contributed by atoms with Crippen molar-refractivity contribution >= 4 is 11.3 Å². The van der Waals surface area contributed by atoms with E-state index in [1.807, 2.05) is 29.3 Å². The van der Waals surface area contributed by atoms with Crippen LogP contribution in [-0.4, -0.2) is 9.78 Å². The summed E-state index contributed by atoms with van der Waals surface area (Å²) < 4.78 is 1.91. The van der Waals surface area contributed by atoms with Crippen LogP contribution in [0, 0.1) is 20.8 Å². The molecule has 17 heavy (non-hydrogen) atoms. The lowest BCUT2D eigenvalue weighted by atomic mass is 10.2. The number of hydrogen-bond donors (Lipinski definition) is 1. The number of nitrogens with zero attached hydrogens (tertiary/aromatic N) is 2. The standard InChI is InChI=1S/C13H19N3S/c1-9-5-12(11(3)17-9)6-14-7-13-8-15-16(4)10(13)2/h5,8,14H,6-7H2,1-4H3. The van der Waals surface area contributed by atoms with Crippen molar-refractivity contribution in [3.63, 3.8) is 0 Å². The van der Waals surface area contributed by atoms with Gasteiger partial charge in [0.05, 0.1) is 6.20 Å². The third-order valence-corrected chi connectivity index (χ3v) is 4.12. The lowest BCUT2D eigenvalue weighted by Crippen LogP contribution is -2.13. The van der Waals surface area contributed by atoms with Crippen LogP contribution in [-0.2, 0) is 20.1 Å². The highest BCUT2D eigenvalue weighted by Gasteiger charge is 2.05. The molecule has 1 N–H and O–H groups in total. The summed E-state index contributed by atoms with van der Waals surface area (Å²) in [6.45, 7) is 8.26. The maximum atomic E-state index is 4.24. The fourth-order valence-corrected chi connectivity index (χ4v) is 2.85. The molecule has 0 aliphatic rings. The van der Waals surface area contributed by atoms with Gasteiger partial charge in [0, 0.05) is 41.1 Å². The Bertz CT molecular complexity index is 509. The van der Waals surface area contributed by atoms with Crippen LogP contribution < -0.4 is 5.32 Å². The van der Waals surface area contributed by atoms with Gasteiger partial charge in [-0.05, 0) is 32.4 Å². The summed E-state index contributed by atoms with van der Waals surface area (Å²) in [5, 5.41) is 7.72. The topological polar surface area (TPSA) is 29.9 Å². The number of aryl methyl sites for hydroxylation is 3. The Balaban J connectivity index is 1.92. The first kappa shape index (κ1) is 12.3. The quantitative estimate of drug-likeness (QED) is 0.903. The maximum Gasteiger partial charge on any atom is 0.0537 e. The molecule has 0 spiro atoms. The largest absolute Gasteiger partial charge is 0.308 e. The van der Waals surface area contributed by atoms with Crippen molar-refractivity contribution in [1.82, 2.24) is 15.1 Å².